The first kappa shape index (κ1) is 16.2. The van der Waals surface area contributed by atoms with Gasteiger partial charge in [0, 0.05) is 24.0 Å². The average molecular weight is 363 g/mol. The minimum atomic E-state index is -0.454. The van der Waals surface area contributed by atoms with Gasteiger partial charge in [-0.15, -0.1) is 4.57 Å². The Hall–Kier alpha value is -2.71. The standard InChI is InChI=1S/C15H9ClFN5OS/c16-9-5-11(7-19-6-9)20-21-12-13(22(14(12)23)15(18)24)8-1-3-10(17)4-2-8/h1-7H,(H2,18,24)/p+1. The van der Waals surface area contributed by atoms with Crippen molar-refractivity contribution in [2.24, 2.45) is 10.8 Å². The summed E-state index contributed by atoms with van der Waals surface area (Å²) in [4.78, 5) is 16.1. The van der Waals surface area contributed by atoms with Crippen LogP contribution in [-0.2, 0) is 0 Å². The zero-order valence-electron chi connectivity index (χ0n) is 12.0. The summed E-state index contributed by atoms with van der Waals surface area (Å²) in [5.41, 5.74) is 9.29. The first-order valence-electron chi connectivity index (χ1n) is 6.69. The maximum atomic E-state index is 13.1. The summed E-state index contributed by atoms with van der Waals surface area (Å²) in [7, 11) is 0. The van der Waals surface area contributed by atoms with Gasteiger partial charge < -0.3 is 0 Å². The van der Waals surface area contributed by atoms with Crippen LogP contribution in [0.15, 0.2) is 52.6 Å². The number of thiocarbonyl (C=S) groups is 1. The molecular weight excluding hydrogens is 353 g/mol. The number of nitrogens with zero attached hydrogens (tertiary/aromatic N) is 3. The Labute approximate surface area is 145 Å². The summed E-state index contributed by atoms with van der Waals surface area (Å²) < 4.78 is 14.2. The van der Waals surface area contributed by atoms with Crippen LogP contribution in [0.5, 0.6) is 0 Å². The second-order valence-electron chi connectivity index (χ2n) is 4.80. The third-order valence-electron chi connectivity index (χ3n) is 3.19. The number of pyridine rings is 1. The highest BCUT2D eigenvalue weighted by molar-refractivity contribution is 7.79. The van der Waals surface area contributed by atoms with Crippen molar-refractivity contribution in [2.75, 3.05) is 5.43 Å². The fraction of sp³-hybridized carbons (Fsp3) is 0. The number of aromatic nitrogens is 2. The van der Waals surface area contributed by atoms with E-state index in [2.05, 4.69) is 15.5 Å². The molecule has 3 aromatic rings. The molecule has 2 aromatic heterocycles. The molecule has 0 amide bonds. The van der Waals surface area contributed by atoms with Crippen LogP contribution in [0.4, 0.5) is 10.1 Å². The van der Waals surface area contributed by atoms with Gasteiger partial charge in [0.2, 0.25) is 5.36 Å². The predicted molar refractivity (Wildman–Crippen MR) is 91.3 cm³/mol. The first-order chi connectivity index (χ1) is 11.5. The quantitative estimate of drug-likeness (QED) is 0.414. The molecule has 3 rings (SSSR count). The molecule has 0 fully saturated rings. The van der Waals surface area contributed by atoms with Crippen molar-refractivity contribution in [2.45, 2.75) is 0 Å². The van der Waals surface area contributed by atoms with Crippen LogP contribution < -0.4 is 26.6 Å². The number of rotatable bonds is 3. The lowest BCUT2D eigenvalue weighted by Gasteiger charge is -2.09. The van der Waals surface area contributed by atoms with Crippen LogP contribution in [0, 0.1) is 5.82 Å². The van der Waals surface area contributed by atoms with E-state index in [1.807, 2.05) is 0 Å². The number of hydrogen-bond acceptors (Lipinski definition) is 5. The Morgan fingerprint density at radius 3 is 2.67 bits per heavy atom. The van der Waals surface area contributed by atoms with Crippen molar-refractivity contribution >= 4 is 34.6 Å². The second kappa shape index (κ2) is 6.42. The SMILES string of the molecule is NC(=S)[n+]1c(-c2ccc(F)cc2)/c(=N\Nc2cncc(Cl)c2)c1=O. The van der Waals surface area contributed by atoms with Crippen molar-refractivity contribution in [3.63, 3.8) is 0 Å². The summed E-state index contributed by atoms with van der Waals surface area (Å²) in [5.74, 6) is -0.395. The fourth-order valence-corrected chi connectivity index (χ4v) is 2.49. The van der Waals surface area contributed by atoms with Gasteiger partial charge in [0.25, 0.3) is 0 Å². The molecule has 9 heteroatoms. The maximum Gasteiger partial charge on any atom is 0.372 e. The Balaban J connectivity index is 2.06. The number of benzene rings is 1. The Bertz CT molecular complexity index is 1010. The number of anilines is 1. The normalized spacial score (nSPS) is 11.7. The van der Waals surface area contributed by atoms with E-state index in [0.29, 0.717) is 22.0 Å². The summed E-state index contributed by atoms with van der Waals surface area (Å²) in [5, 5.41) is 4.50. The minimum absolute atomic E-state index is 0.109. The number of hydrogen-bond donors (Lipinski definition) is 2. The maximum absolute atomic E-state index is 13.1. The highest BCUT2D eigenvalue weighted by Crippen LogP contribution is 2.14. The van der Waals surface area contributed by atoms with Gasteiger partial charge in [0.1, 0.15) is 5.82 Å². The Morgan fingerprint density at radius 2 is 2.04 bits per heavy atom. The highest BCUT2D eigenvalue weighted by Gasteiger charge is 2.28. The molecule has 0 aliphatic rings. The van der Waals surface area contributed by atoms with Gasteiger partial charge in [-0.25, -0.2) is 9.18 Å². The number of halogens is 2. The minimum Gasteiger partial charge on any atom is -0.276 e. The van der Waals surface area contributed by atoms with E-state index >= 15 is 0 Å². The molecule has 0 atom stereocenters. The van der Waals surface area contributed by atoms with Gasteiger partial charge in [0.15, 0.2) is 5.69 Å². The van der Waals surface area contributed by atoms with E-state index < -0.39 is 11.4 Å². The smallest absolute Gasteiger partial charge is 0.276 e. The Morgan fingerprint density at radius 1 is 1.33 bits per heavy atom. The predicted octanol–water partition coefficient (Wildman–Crippen LogP) is 1.08. The van der Waals surface area contributed by atoms with Crippen molar-refractivity contribution in [3.8, 4) is 11.3 Å². The van der Waals surface area contributed by atoms with Crippen LogP contribution in [0.2, 0.25) is 5.02 Å². The topological polar surface area (TPSA) is 84.2 Å². The van der Waals surface area contributed by atoms with E-state index in [0.717, 1.165) is 4.57 Å². The number of nitrogens with two attached hydrogens (primary N) is 1. The lowest BCUT2D eigenvalue weighted by atomic mass is 10.1. The molecular formula is C15H10ClFN5OS+. The molecule has 0 unspecified atom stereocenters. The molecule has 0 spiro atoms. The van der Waals surface area contributed by atoms with Gasteiger partial charge in [-0.05, 0) is 30.3 Å². The second-order valence-corrected chi connectivity index (χ2v) is 5.65. The molecule has 6 nitrogen and oxygen atoms in total. The molecule has 0 saturated heterocycles. The van der Waals surface area contributed by atoms with Crippen molar-refractivity contribution in [3.05, 3.63) is 69.3 Å². The molecule has 24 heavy (non-hydrogen) atoms. The number of nitrogens with one attached hydrogen (secondary N) is 1. The van der Waals surface area contributed by atoms with E-state index in [9.17, 15) is 9.18 Å². The van der Waals surface area contributed by atoms with E-state index in [-0.39, 0.29) is 10.5 Å². The van der Waals surface area contributed by atoms with E-state index in [1.165, 1.54) is 36.7 Å². The summed E-state index contributed by atoms with van der Waals surface area (Å²) >= 11 is 10.7. The van der Waals surface area contributed by atoms with E-state index in [4.69, 9.17) is 29.6 Å². The van der Waals surface area contributed by atoms with Crippen molar-refractivity contribution < 1.29 is 8.96 Å². The zero-order chi connectivity index (χ0) is 17.3. The van der Waals surface area contributed by atoms with Gasteiger partial charge in [-0.2, -0.15) is 5.10 Å². The Kier molecular flexibility index (Phi) is 4.32. The van der Waals surface area contributed by atoms with Crippen LogP contribution in [0.1, 0.15) is 0 Å². The zero-order valence-corrected chi connectivity index (χ0v) is 13.6. The molecule has 1 aromatic carbocycles. The lowest BCUT2D eigenvalue weighted by molar-refractivity contribution is -0.574. The van der Waals surface area contributed by atoms with Gasteiger partial charge >= 0.3 is 10.7 Å². The molecule has 3 N–H and O–H groups in total. The van der Waals surface area contributed by atoms with Gasteiger partial charge in [-0.3, -0.25) is 16.1 Å². The van der Waals surface area contributed by atoms with E-state index in [1.54, 1.807) is 6.07 Å². The monoisotopic (exact) mass is 362 g/mol. The molecule has 0 saturated carbocycles. The van der Waals surface area contributed by atoms with Crippen molar-refractivity contribution in [1.29, 1.82) is 0 Å². The third-order valence-corrected chi connectivity index (χ3v) is 3.58. The van der Waals surface area contributed by atoms with Crippen LogP contribution >= 0.6 is 23.8 Å². The molecule has 120 valence electrons. The fourth-order valence-electron chi connectivity index (χ4n) is 2.14. The lowest BCUT2D eigenvalue weighted by Crippen LogP contribution is -2.73. The first-order valence-corrected chi connectivity index (χ1v) is 7.47. The summed E-state index contributed by atoms with van der Waals surface area (Å²) in [6.45, 7) is 0. The van der Waals surface area contributed by atoms with Gasteiger partial charge in [-0.1, -0.05) is 11.6 Å². The third kappa shape index (κ3) is 3.01. The van der Waals surface area contributed by atoms with Crippen LogP contribution in [0.25, 0.3) is 11.3 Å². The average Bonchev–Trinajstić information content (AvgIpc) is 2.53. The molecule has 0 radical (unpaired) electrons. The largest absolute Gasteiger partial charge is 0.372 e. The summed E-state index contributed by atoms with van der Waals surface area (Å²) in [6.07, 6.45) is 2.97. The van der Waals surface area contributed by atoms with Gasteiger partial charge in [0.05, 0.1) is 16.9 Å². The molecule has 0 aliphatic heterocycles. The highest BCUT2D eigenvalue weighted by atomic mass is 35.5. The molecule has 0 aliphatic carbocycles. The summed E-state index contributed by atoms with van der Waals surface area (Å²) in [6, 6.07) is 7.17. The van der Waals surface area contributed by atoms with Crippen molar-refractivity contribution in [1.82, 2.24) is 4.98 Å². The van der Waals surface area contributed by atoms with Crippen LogP contribution in [-0.4, -0.2) is 10.1 Å². The molecule has 0 bridgehead atoms. The molecule has 2 heterocycles. The van der Waals surface area contributed by atoms with Crippen LogP contribution in [0.3, 0.4) is 0 Å².